The number of likely N-dealkylation sites (N-methyl/N-ethyl adjacent to an activating group) is 1. The van der Waals surface area contributed by atoms with Crippen LogP contribution in [0.15, 0.2) is 18.2 Å². The Bertz CT molecular complexity index is 474. The summed E-state index contributed by atoms with van der Waals surface area (Å²) in [6, 6.07) is 2.69. The Morgan fingerprint density at radius 3 is 2.55 bits per heavy atom. The number of rotatable bonds is 6. The molecule has 0 atom stereocenters. The van der Waals surface area contributed by atoms with Crippen LogP contribution in [0, 0.1) is 0 Å². The molecule has 20 heavy (non-hydrogen) atoms. The fourth-order valence-electron chi connectivity index (χ4n) is 1.68. The number of benzene rings is 1. The zero-order chi connectivity index (χ0) is 15.3. The molecule has 1 aromatic carbocycles. The number of carboxylic acid groups (broad SMARTS) is 1. The quantitative estimate of drug-likeness (QED) is 0.819. The van der Waals surface area contributed by atoms with Gasteiger partial charge in [0.25, 0.3) is 0 Å². The second-order valence-corrected chi connectivity index (χ2v) is 4.15. The smallest absolute Gasteiger partial charge is 0.416 e. The van der Waals surface area contributed by atoms with E-state index in [9.17, 15) is 18.0 Å². The van der Waals surface area contributed by atoms with Gasteiger partial charge in [0.2, 0.25) is 0 Å². The van der Waals surface area contributed by atoms with E-state index < -0.39 is 17.7 Å². The van der Waals surface area contributed by atoms with Gasteiger partial charge in [0.1, 0.15) is 0 Å². The molecule has 0 bridgehead atoms. The van der Waals surface area contributed by atoms with E-state index in [1.54, 1.807) is 11.9 Å². The highest BCUT2D eigenvalue weighted by Crippen LogP contribution is 2.32. The molecule has 112 valence electrons. The molecule has 0 heterocycles. The molecule has 0 unspecified atom stereocenters. The van der Waals surface area contributed by atoms with Crippen molar-refractivity contribution in [2.45, 2.75) is 13.1 Å². The van der Waals surface area contributed by atoms with Gasteiger partial charge < -0.3 is 14.7 Å². The second-order valence-electron chi connectivity index (χ2n) is 4.15. The lowest BCUT2D eigenvalue weighted by Gasteiger charge is -2.22. The highest BCUT2D eigenvalue weighted by molar-refractivity contribution is 5.94. The maximum absolute atomic E-state index is 12.6. The van der Waals surface area contributed by atoms with E-state index in [0.717, 1.165) is 12.1 Å². The molecular weight excluding hydrogens is 275 g/mol. The number of hydrogen-bond donors (Lipinski definition) is 1. The lowest BCUT2D eigenvalue weighted by molar-refractivity contribution is -0.137. The van der Waals surface area contributed by atoms with Crippen LogP contribution in [-0.2, 0) is 10.9 Å². The zero-order valence-corrected chi connectivity index (χ0v) is 11.2. The third-order valence-electron chi connectivity index (χ3n) is 2.74. The summed E-state index contributed by atoms with van der Waals surface area (Å²) in [5.74, 6) is -1.39. The van der Waals surface area contributed by atoms with Crippen molar-refractivity contribution in [3.8, 4) is 0 Å². The van der Waals surface area contributed by atoms with E-state index in [1.165, 1.54) is 0 Å². The highest BCUT2D eigenvalue weighted by atomic mass is 19.4. The normalized spacial score (nSPS) is 11.4. The Balaban J connectivity index is 3.04. The molecule has 7 heteroatoms. The van der Waals surface area contributed by atoms with Gasteiger partial charge >= 0.3 is 12.1 Å². The molecule has 0 amide bonds. The topological polar surface area (TPSA) is 49.8 Å². The molecule has 0 saturated carbocycles. The summed E-state index contributed by atoms with van der Waals surface area (Å²) in [4.78, 5) is 12.7. The lowest BCUT2D eigenvalue weighted by Crippen LogP contribution is -2.25. The molecule has 4 nitrogen and oxygen atoms in total. The molecule has 0 spiro atoms. The second kappa shape index (κ2) is 6.60. The maximum Gasteiger partial charge on any atom is 0.416 e. The van der Waals surface area contributed by atoms with E-state index >= 15 is 0 Å². The number of alkyl halides is 3. The standard InChI is InChI=1S/C13H16F3NO3/c1-3-20-7-6-17(2)11-5-4-9(13(14,15)16)8-10(11)12(18)19/h4-5,8H,3,6-7H2,1-2H3,(H,18,19). The van der Waals surface area contributed by atoms with Gasteiger partial charge in [-0.05, 0) is 25.1 Å². The third-order valence-corrected chi connectivity index (χ3v) is 2.74. The molecule has 0 radical (unpaired) electrons. The van der Waals surface area contributed by atoms with Gasteiger partial charge in [0.05, 0.1) is 23.4 Å². The van der Waals surface area contributed by atoms with Gasteiger partial charge in [0, 0.05) is 20.2 Å². The van der Waals surface area contributed by atoms with Crippen LogP contribution >= 0.6 is 0 Å². The van der Waals surface area contributed by atoms with Crippen LogP contribution in [0.4, 0.5) is 18.9 Å². The van der Waals surface area contributed by atoms with Crippen molar-refractivity contribution in [3.05, 3.63) is 29.3 Å². The lowest BCUT2D eigenvalue weighted by atomic mass is 10.1. The highest BCUT2D eigenvalue weighted by Gasteiger charge is 2.32. The van der Waals surface area contributed by atoms with E-state index in [-0.39, 0.29) is 11.3 Å². The van der Waals surface area contributed by atoms with E-state index in [0.29, 0.717) is 25.8 Å². The van der Waals surface area contributed by atoms with Gasteiger partial charge in [-0.15, -0.1) is 0 Å². The van der Waals surface area contributed by atoms with Crippen LogP contribution in [0.25, 0.3) is 0 Å². The van der Waals surface area contributed by atoms with Crippen molar-refractivity contribution in [2.75, 3.05) is 31.7 Å². The average Bonchev–Trinajstić information content (AvgIpc) is 2.37. The minimum absolute atomic E-state index is 0.227. The van der Waals surface area contributed by atoms with Gasteiger partial charge in [0.15, 0.2) is 0 Å². The molecule has 0 aliphatic carbocycles. The Morgan fingerprint density at radius 2 is 2.05 bits per heavy atom. The predicted molar refractivity (Wildman–Crippen MR) is 68.2 cm³/mol. The Kier molecular flexibility index (Phi) is 5.38. The number of nitrogens with zero attached hydrogens (tertiary/aromatic N) is 1. The molecule has 0 aromatic heterocycles. The fraction of sp³-hybridized carbons (Fsp3) is 0.462. The van der Waals surface area contributed by atoms with Crippen molar-refractivity contribution in [2.24, 2.45) is 0 Å². The molecule has 1 N–H and O–H groups in total. The van der Waals surface area contributed by atoms with Crippen LogP contribution in [0.2, 0.25) is 0 Å². The first kappa shape index (κ1) is 16.3. The van der Waals surface area contributed by atoms with Crippen molar-refractivity contribution in [3.63, 3.8) is 0 Å². The first-order chi connectivity index (χ1) is 9.27. The van der Waals surface area contributed by atoms with Crippen LogP contribution in [0.1, 0.15) is 22.8 Å². The molecular formula is C13H16F3NO3. The molecule has 1 aromatic rings. The summed E-state index contributed by atoms with van der Waals surface area (Å²) in [5, 5.41) is 9.05. The molecule has 0 aliphatic heterocycles. The first-order valence-corrected chi connectivity index (χ1v) is 6.00. The van der Waals surface area contributed by atoms with Crippen molar-refractivity contribution >= 4 is 11.7 Å². The molecule has 0 saturated heterocycles. The van der Waals surface area contributed by atoms with Crippen LogP contribution in [0.3, 0.4) is 0 Å². The van der Waals surface area contributed by atoms with Gasteiger partial charge in [-0.25, -0.2) is 4.79 Å². The number of carboxylic acids is 1. The van der Waals surface area contributed by atoms with Gasteiger partial charge in [-0.2, -0.15) is 13.2 Å². The molecule has 0 fully saturated rings. The zero-order valence-electron chi connectivity index (χ0n) is 11.2. The Hall–Kier alpha value is -1.76. The number of halogens is 3. The fourth-order valence-corrected chi connectivity index (χ4v) is 1.68. The summed E-state index contributed by atoms with van der Waals surface area (Å²) < 4.78 is 42.9. The minimum Gasteiger partial charge on any atom is -0.478 e. The maximum atomic E-state index is 12.6. The van der Waals surface area contributed by atoms with E-state index in [4.69, 9.17) is 9.84 Å². The Morgan fingerprint density at radius 1 is 1.40 bits per heavy atom. The summed E-state index contributed by atoms with van der Waals surface area (Å²) in [7, 11) is 1.61. The van der Waals surface area contributed by atoms with E-state index in [2.05, 4.69) is 0 Å². The number of carbonyl (C=O) groups is 1. The molecule has 1 rings (SSSR count). The summed E-state index contributed by atoms with van der Waals surface area (Å²) in [5.41, 5.74) is -1.12. The average molecular weight is 291 g/mol. The number of hydrogen-bond acceptors (Lipinski definition) is 3. The first-order valence-electron chi connectivity index (χ1n) is 6.00. The van der Waals surface area contributed by atoms with Crippen molar-refractivity contribution in [1.29, 1.82) is 0 Å². The number of ether oxygens (including phenoxy) is 1. The van der Waals surface area contributed by atoms with E-state index in [1.807, 2.05) is 6.92 Å². The predicted octanol–water partition coefficient (Wildman–Crippen LogP) is 2.88. The number of anilines is 1. The van der Waals surface area contributed by atoms with Crippen LogP contribution < -0.4 is 4.90 Å². The van der Waals surface area contributed by atoms with Crippen molar-refractivity contribution in [1.82, 2.24) is 0 Å². The largest absolute Gasteiger partial charge is 0.478 e. The number of aromatic carboxylic acids is 1. The van der Waals surface area contributed by atoms with Gasteiger partial charge in [-0.1, -0.05) is 0 Å². The van der Waals surface area contributed by atoms with Crippen molar-refractivity contribution < 1.29 is 27.8 Å². The van der Waals surface area contributed by atoms with Crippen LogP contribution in [0.5, 0.6) is 0 Å². The summed E-state index contributed by atoms with van der Waals surface area (Å²) in [6.45, 7) is 3.10. The van der Waals surface area contributed by atoms with Crippen LogP contribution in [-0.4, -0.2) is 37.9 Å². The van der Waals surface area contributed by atoms with Gasteiger partial charge in [-0.3, -0.25) is 0 Å². The minimum atomic E-state index is -4.56. The summed E-state index contributed by atoms with van der Waals surface area (Å²) in [6.07, 6.45) is -4.56. The summed E-state index contributed by atoms with van der Waals surface area (Å²) >= 11 is 0. The monoisotopic (exact) mass is 291 g/mol. The third kappa shape index (κ3) is 4.12. The Labute approximate surface area is 114 Å². The SMILES string of the molecule is CCOCCN(C)c1ccc(C(F)(F)F)cc1C(=O)O. The molecule has 0 aliphatic rings.